The Morgan fingerprint density at radius 2 is 1.70 bits per heavy atom. The summed E-state index contributed by atoms with van der Waals surface area (Å²) in [7, 11) is 0. The van der Waals surface area contributed by atoms with Crippen LogP contribution in [0.1, 0.15) is 49.7 Å². The summed E-state index contributed by atoms with van der Waals surface area (Å²) in [6.07, 6.45) is 0. The molecule has 2 N–H and O–H groups in total. The average Bonchev–Trinajstić information content (AvgIpc) is 2.45. The number of hydrogen-bond donors (Lipinski definition) is 1. The van der Waals surface area contributed by atoms with E-state index < -0.39 is 0 Å². The Balaban J connectivity index is 2.39. The lowest BCUT2D eigenvalue weighted by atomic mass is 10.0. The van der Waals surface area contributed by atoms with Crippen molar-refractivity contribution >= 4 is 0 Å². The molecular formula is C17H23N3. The molecule has 1 heterocycles. The number of benzene rings is 1. The molecule has 2 aromatic rings. The van der Waals surface area contributed by atoms with Crippen LogP contribution in [0.4, 0.5) is 0 Å². The minimum absolute atomic E-state index is 0.184. The first-order chi connectivity index (χ1) is 9.51. The number of hydrogen-bond acceptors (Lipinski definition) is 3. The standard InChI is InChI=1S/C17H23N3/c1-11(2)14-5-7-15(8-6-14)16-9-13(4)19-17(20-16)12(3)10-18/h5-9,11-12H,10,18H2,1-4H3. The van der Waals surface area contributed by atoms with E-state index in [1.165, 1.54) is 5.56 Å². The molecule has 2 rings (SSSR count). The van der Waals surface area contributed by atoms with Crippen LogP contribution >= 0.6 is 0 Å². The molecule has 0 aliphatic rings. The predicted octanol–water partition coefficient (Wildman–Crippen LogP) is 3.64. The van der Waals surface area contributed by atoms with E-state index in [-0.39, 0.29) is 5.92 Å². The van der Waals surface area contributed by atoms with E-state index in [2.05, 4.69) is 55.0 Å². The van der Waals surface area contributed by atoms with Crippen molar-refractivity contribution in [2.45, 2.75) is 39.5 Å². The maximum Gasteiger partial charge on any atom is 0.133 e. The largest absolute Gasteiger partial charge is 0.330 e. The number of nitrogens with zero attached hydrogens (tertiary/aromatic N) is 2. The van der Waals surface area contributed by atoms with Gasteiger partial charge in [-0.25, -0.2) is 9.97 Å². The van der Waals surface area contributed by atoms with Crippen LogP contribution in [-0.4, -0.2) is 16.5 Å². The van der Waals surface area contributed by atoms with Crippen molar-refractivity contribution in [2.24, 2.45) is 5.73 Å². The van der Waals surface area contributed by atoms with Crippen LogP contribution in [-0.2, 0) is 0 Å². The quantitative estimate of drug-likeness (QED) is 0.922. The van der Waals surface area contributed by atoms with Gasteiger partial charge in [0.2, 0.25) is 0 Å². The van der Waals surface area contributed by atoms with E-state index in [0.717, 1.165) is 22.8 Å². The Hall–Kier alpha value is -1.74. The molecule has 0 saturated heterocycles. The first-order valence-electron chi connectivity index (χ1n) is 7.17. The monoisotopic (exact) mass is 269 g/mol. The zero-order chi connectivity index (χ0) is 14.7. The predicted molar refractivity (Wildman–Crippen MR) is 83.8 cm³/mol. The highest BCUT2D eigenvalue weighted by Crippen LogP contribution is 2.23. The summed E-state index contributed by atoms with van der Waals surface area (Å²) >= 11 is 0. The van der Waals surface area contributed by atoms with E-state index in [9.17, 15) is 0 Å². The molecule has 0 amide bonds. The molecule has 3 nitrogen and oxygen atoms in total. The summed E-state index contributed by atoms with van der Waals surface area (Å²) in [6.45, 7) is 9.02. The maximum absolute atomic E-state index is 5.72. The Labute approximate surface area is 121 Å². The van der Waals surface area contributed by atoms with Crippen molar-refractivity contribution in [2.75, 3.05) is 6.54 Å². The molecule has 1 atom stereocenters. The summed E-state index contributed by atoms with van der Waals surface area (Å²) in [4.78, 5) is 9.14. The minimum Gasteiger partial charge on any atom is -0.330 e. The molecule has 1 unspecified atom stereocenters. The van der Waals surface area contributed by atoms with E-state index in [0.29, 0.717) is 12.5 Å². The third-order valence-corrected chi connectivity index (χ3v) is 3.54. The Morgan fingerprint density at radius 3 is 2.25 bits per heavy atom. The van der Waals surface area contributed by atoms with Crippen LogP contribution in [0.3, 0.4) is 0 Å². The summed E-state index contributed by atoms with van der Waals surface area (Å²) in [6, 6.07) is 10.6. The van der Waals surface area contributed by atoms with Gasteiger partial charge in [-0.15, -0.1) is 0 Å². The van der Waals surface area contributed by atoms with Gasteiger partial charge in [0, 0.05) is 23.7 Å². The van der Waals surface area contributed by atoms with Gasteiger partial charge in [0.05, 0.1) is 5.69 Å². The molecular weight excluding hydrogens is 246 g/mol. The zero-order valence-corrected chi connectivity index (χ0v) is 12.7. The van der Waals surface area contributed by atoms with E-state index >= 15 is 0 Å². The summed E-state index contributed by atoms with van der Waals surface area (Å²) in [5.41, 5.74) is 10.1. The highest BCUT2D eigenvalue weighted by atomic mass is 14.9. The zero-order valence-electron chi connectivity index (χ0n) is 12.7. The second-order valence-corrected chi connectivity index (χ2v) is 5.67. The highest BCUT2D eigenvalue weighted by Gasteiger charge is 2.10. The van der Waals surface area contributed by atoms with Gasteiger partial charge < -0.3 is 5.73 Å². The van der Waals surface area contributed by atoms with Gasteiger partial charge in [-0.3, -0.25) is 0 Å². The van der Waals surface area contributed by atoms with Gasteiger partial charge in [-0.2, -0.15) is 0 Å². The molecule has 20 heavy (non-hydrogen) atoms. The van der Waals surface area contributed by atoms with Crippen LogP contribution in [0.25, 0.3) is 11.3 Å². The molecule has 0 bridgehead atoms. The SMILES string of the molecule is Cc1cc(-c2ccc(C(C)C)cc2)nc(C(C)CN)n1. The molecule has 1 aromatic heterocycles. The molecule has 1 aromatic carbocycles. The van der Waals surface area contributed by atoms with Crippen molar-refractivity contribution < 1.29 is 0 Å². The Morgan fingerprint density at radius 1 is 1.05 bits per heavy atom. The third-order valence-electron chi connectivity index (χ3n) is 3.54. The minimum atomic E-state index is 0.184. The molecule has 0 aliphatic heterocycles. The molecule has 0 radical (unpaired) electrons. The molecule has 106 valence electrons. The fraction of sp³-hybridized carbons (Fsp3) is 0.412. The normalized spacial score (nSPS) is 12.7. The fourth-order valence-electron chi connectivity index (χ4n) is 2.10. The second-order valence-electron chi connectivity index (χ2n) is 5.67. The number of aryl methyl sites for hydroxylation is 1. The smallest absolute Gasteiger partial charge is 0.133 e. The van der Waals surface area contributed by atoms with Crippen LogP contribution in [0.15, 0.2) is 30.3 Å². The molecule has 0 aliphatic carbocycles. The van der Waals surface area contributed by atoms with Gasteiger partial charge in [-0.1, -0.05) is 45.0 Å². The lowest BCUT2D eigenvalue weighted by Crippen LogP contribution is -2.13. The summed E-state index contributed by atoms with van der Waals surface area (Å²) in [5.74, 6) is 1.56. The van der Waals surface area contributed by atoms with Crippen molar-refractivity contribution in [3.05, 3.63) is 47.4 Å². The second kappa shape index (κ2) is 6.14. The highest BCUT2D eigenvalue weighted by molar-refractivity contribution is 5.60. The van der Waals surface area contributed by atoms with Crippen LogP contribution in [0.5, 0.6) is 0 Å². The molecule has 0 fully saturated rings. The molecule has 3 heteroatoms. The van der Waals surface area contributed by atoms with E-state index in [1.54, 1.807) is 0 Å². The summed E-state index contributed by atoms with van der Waals surface area (Å²) in [5, 5.41) is 0. The number of nitrogens with two attached hydrogens (primary N) is 1. The number of aromatic nitrogens is 2. The van der Waals surface area contributed by atoms with E-state index in [4.69, 9.17) is 5.73 Å². The first-order valence-corrected chi connectivity index (χ1v) is 7.17. The summed E-state index contributed by atoms with van der Waals surface area (Å²) < 4.78 is 0. The molecule has 0 saturated carbocycles. The van der Waals surface area contributed by atoms with Crippen LogP contribution in [0, 0.1) is 6.92 Å². The fourth-order valence-corrected chi connectivity index (χ4v) is 2.10. The lowest BCUT2D eigenvalue weighted by molar-refractivity contribution is 0.708. The van der Waals surface area contributed by atoms with Crippen LogP contribution < -0.4 is 5.73 Å². The number of rotatable bonds is 4. The van der Waals surface area contributed by atoms with Gasteiger partial charge >= 0.3 is 0 Å². The van der Waals surface area contributed by atoms with Gasteiger partial charge in [0.25, 0.3) is 0 Å². The van der Waals surface area contributed by atoms with Gasteiger partial charge in [-0.05, 0) is 24.5 Å². The maximum atomic E-state index is 5.72. The van der Waals surface area contributed by atoms with Crippen molar-refractivity contribution in [1.82, 2.24) is 9.97 Å². The van der Waals surface area contributed by atoms with Crippen molar-refractivity contribution in [3.8, 4) is 11.3 Å². The van der Waals surface area contributed by atoms with Crippen molar-refractivity contribution in [1.29, 1.82) is 0 Å². The Bertz CT molecular complexity index is 573. The topological polar surface area (TPSA) is 51.8 Å². The average molecular weight is 269 g/mol. The van der Waals surface area contributed by atoms with Gasteiger partial charge in [0.15, 0.2) is 0 Å². The first kappa shape index (κ1) is 14.7. The Kier molecular flexibility index (Phi) is 4.50. The van der Waals surface area contributed by atoms with Crippen LogP contribution in [0.2, 0.25) is 0 Å². The molecule has 0 spiro atoms. The van der Waals surface area contributed by atoms with Gasteiger partial charge in [0.1, 0.15) is 5.82 Å². The van der Waals surface area contributed by atoms with E-state index in [1.807, 2.05) is 13.0 Å². The van der Waals surface area contributed by atoms with Crippen molar-refractivity contribution in [3.63, 3.8) is 0 Å². The lowest BCUT2D eigenvalue weighted by Gasteiger charge is -2.11. The third kappa shape index (κ3) is 3.23.